The second-order valence-electron chi connectivity index (χ2n) is 7.01. The van der Waals surface area contributed by atoms with Gasteiger partial charge < -0.3 is 9.15 Å². The van der Waals surface area contributed by atoms with Gasteiger partial charge in [0.25, 0.3) is 0 Å². The summed E-state index contributed by atoms with van der Waals surface area (Å²) < 4.78 is 12.1. The number of piperazine rings is 1. The molecule has 3 aromatic rings. The fourth-order valence-corrected chi connectivity index (χ4v) is 3.90. The molecule has 1 aliphatic rings. The van der Waals surface area contributed by atoms with Gasteiger partial charge in [0.2, 0.25) is 0 Å². The van der Waals surface area contributed by atoms with Gasteiger partial charge in [-0.25, -0.2) is 4.79 Å². The number of rotatable bonds is 6. The van der Waals surface area contributed by atoms with Gasteiger partial charge in [-0.15, -0.1) is 0 Å². The van der Waals surface area contributed by atoms with Crippen LogP contribution in [0.15, 0.2) is 68.3 Å². The molecule has 4 rings (SSSR count). The number of benzene rings is 2. The summed E-state index contributed by atoms with van der Waals surface area (Å²) in [5.74, 6) is 0.919. The van der Waals surface area contributed by atoms with Crippen molar-refractivity contribution in [3.8, 4) is 5.75 Å². The fourth-order valence-electron chi connectivity index (χ4n) is 3.56. The van der Waals surface area contributed by atoms with Crippen LogP contribution in [0.25, 0.3) is 11.0 Å². The lowest BCUT2D eigenvalue weighted by Gasteiger charge is -2.34. The van der Waals surface area contributed by atoms with Crippen LogP contribution in [0, 0.1) is 0 Å². The summed E-state index contributed by atoms with van der Waals surface area (Å²) in [6, 6.07) is 17.4. The van der Waals surface area contributed by atoms with E-state index in [1.807, 2.05) is 48.5 Å². The van der Waals surface area contributed by atoms with Gasteiger partial charge in [-0.05, 0) is 35.9 Å². The molecule has 0 bridgehead atoms. The minimum Gasteiger partial charge on any atom is -0.492 e. The van der Waals surface area contributed by atoms with Gasteiger partial charge in [0.05, 0.1) is 0 Å². The molecule has 0 atom stereocenters. The Morgan fingerprint density at radius 1 is 0.964 bits per heavy atom. The van der Waals surface area contributed by atoms with Crippen molar-refractivity contribution < 1.29 is 9.15 Å². The molecule has 0 unspecified atom stereocenters. The van der Waals surface area contributed by atoms with Crippen LogP contribution in [-0.2, 0) is 6.54 Å². The number of nitrogens with zero attached hydrogens (tertiary/aromatic N) is 2. The normalized spacial score (nSPS) is 15.8. The molecule has 1 saturated heterocycles. The molecular formula is C22H23BrN2O3. The maximum atomic E-state index is 11.9. The molecular weight excluding hydrogens is 420 g/mol. The lowest BCUT2D eigenvalue weighted by molar-refractivity contribution is 0.112. The lowest BCUT2D eigenvalue weighted by Crippen LogP contribution is -2.47. The zero-order valence-electron chi connectivity index (χ0n) is 15.6. The predicted molar refractivity (Wildman–Crippen MR) is 114 cm³/mol. The number of para-hydroxylation sites is 1. The van der Waals surface area contributed by atoms with Crippen LogP contribution in [0.5, 0.6) is 5.75 Å². The molecule has 2 aromatic carbocycles. The minimum atomic E-state index is -0.294. The Balaban J connectivity index is 1.31. The molecule has 0 radical (unpaired) electrons. The Bertz CT molecular complexity index is 982. The van der Waals surface area contributed by atoms with E-state index in [-0.39, 0.29) is 5.63 Å². The van der Waals surface area contributed by atoms with Crippen molar-refractivity contribution in [2.45, 2.75) is 6.54 Å². The number of fused-ring (bicyclic) bond motifs is 1. The van der Waals surface area contributed by atoms with Gasteiger partial charge >= 0.3 is 5.63 Å². The summed E-state index contributed by atoms with van der Waals surface area (Å²) in [7, 11) is 0. The summed E-state index contributed by atoms with van der Waals surface area (Å²) in [4.78, 5) is 16.7. The molecule has 28 heavy (non-hydrogen) atoms. The highest BCUT2D eigenvalue weighted by atomic mass is 79.9. The first-order chi connectivity index (χ1) is 13.7. The van der Waals surface area contributed by atoms with Gasteiger partial charge in [0, 0.05) is 55.2 Å². The van der Waals surface area contributed by atoms with Crippen LogP contribution in [0.4, 0.5) is 0 Å². The maximum absolute atomic E-state index is 11.9. The Morgan fingerprint density at radius 2 is 1.71 bits per heavy atom. The van der Waals surface area contributed by atoms with E-state index >= 15 is 0 Å². The third-order valence-electron chi connectivity index (χ3n) is 5.07. The fraction of sp³-hybridized carbons (Fsp3) is 0.318. The van der Waals surface area contributed by atoms with Crippen molar-refractivity contribution >= 4 is 26.9 Å². The van der Waals surface area contributed by atoms with E-state index in [1.54, 1.807) is 6.07 Å². The largest absolute Gasteiger partial charge is 0.492 e. The summed E-state index contributed by atoms with van der Waals surface area (Å²) in [6.07, 6.45) is 0. The highest BCUT2D eigenvalue weighted by Gasteiger charge is 2.18. The van der Waals surface area contributed by atoms with Gasteiger partial charge in [-0.2, -0.15) is 0 Å². The van der Waals surface area contributed by atoms with Crippen LogP contribution in [-0.4, -0.2) is 49.1 Å². The summed E-state index contributed by atoms with van der Waals surface area (Å²) in [5.41, 5.74) is 1.37. The summed E-state index contributed by atoms with van der Waals surface area (Å²) >= 11 is 3.43. The van der Waals surface area contributed by atoms with E-state index in [2.05, 4.69) is 25.7 Å². The standard InChI is InChI=1S/C22H23BrN2O3/c23-18-6-7-20-17(14-22(26)28-21(20)15-18)16-25-10-8-24(9-11-25)12-13-27-19-4-2-1-3-5-19/h1-7,14-15H,8-13,16H2. The number of hydrogen-bond acceptors (Lipinski definition) is 5. The molecule has 5 nitrogen and oxygen atoms in total. The van der Waals surface area contributed by atoms with Crippen molar-refractivity contribution in [1.82, 2.24) is 9.80 Å². The molecule has 1 fully saturated rings. The van der Waals surface area contributed by atoms with Crippen molar-refractivity contribution in [3.63, 3.8) is 0 Å². The van der Waals surface area contributed by atoms with E-state index in [0.717, 1.165) is 60.4 Å². The molecule has 0 aliphatic carbocycles. The van der Waals surface area contributed by atoms with Crippen LogP contribution in [0.3, 0.4) is 0 Å². The molecule has 146 valence electrons. The molecule has 0 amide bonds. The summed E-state index contributed by atoms with van der Waals surface area (Å²) in [5, 5.41) is 1.00. The Morgan fingerprint density at radius 3 is 2.50 bits per heavy atom. The first-order valence-electron chi connectivity index (χ1n) is 9.52. The number of halogens is 1. The molecule has 2 heterocycles. The molecule has 1 aromatic heterocycles. The number of ether oxygens (including phenoxy) is 1. The first kappa shape index (κ1) is 19.2. The topological polar surface area (TPSA) is 45.9 Å². The van der Waals surface area contributed by atoms with E-state index in [4.69, 9.17) is 9.15 Å². The average molecular weight is 443 g/mol. The smallest absolute Gasteiger partial charge is 0.336 e. The van der Waals surface area contributed by atoms with Crippen LogP contribution >= 0.6 is 15.9 Å². The van der Waals surface area contributed by atoms with Crippen LogP contribution < -0.4 is 10.4 Å². The molecule has 0 N–H and O–H groups in total. The third-order valence-corrected chi connectivity index (χ3v) is 5.56. The Kier molecular flexibility index (Phi) is 6.10. The van der Waals surface area contributed by atoms with Crippen LogP contribution in [0.1, 0.15) is 5.56 Å². The zero-order chi connectivity index (χ0) is 19.3. The van der Waals surface area contributed by atoms with Crippen LogP contribution in [0.2, 0.25) is 0 Å². The highest BCUT2D eigenvalue weighted by molar-refractivity contribution is 9.10. The SMILES string of the molecule is O=c1cc(CN2CCN(CCOc3ccccc3)CC2)c2ccc(Br)cc2o1. The van der Waals surface area contributed by atoms with Crippen molar-refractivity contribution in [2.24, 2.45) is 0 Å². The predicted octanol–water partition coefficient (Wildman–Crippen LogP) is 3.75. The quantitative estimate of drug-likeness (QED) is 0.543. The highest BCUT2D eigenvalue weighted by Crippen LogP contribution is 2.23. The second-order valence-corrected chi connectivity index (χ2v) is 7.93. The minimum absolute atomic E-state index is 0.294. The van der Waals surface area contributed by atoms with Gasteiger partial charge in [-0.3, -0.25) is 9.80 Å². The second kappa shape index (κ2) is 8.90. The Labute approximate surface area is 172 Å². The maximum Gasteiger partial charge on any atom is 0.336 e. The number of hydrogen-bond donors (Lipinski definition) is 0. The first-order valence-corrected chi connectivity index (χ1v) is 10.3. The summed E-state index contributed by atoms with van der Waals surface area (Å²) in [6.45, 7) is 6.34. The van der Waals surface area contributed by atoms with E-state index in [0.29, 0.717) is 12.2 Å². The monoisotopic (exact) mass is 442 g/mol. The van der Waals surface area contributed by atoms with Gasteiger partial charge in [-0.1, -0.05) is 34.1 Å². The molecule has 0 spiro atoms. The Hall–Kier alpha value is -2.15. The van der Waals surface area contributed by atoms with E-state index < -0.39 is 0 Å². The van der Waals surface area contributed by atoms with E-state index in [9.17, 15) is 4.79 Å². The van der Waals surface area contributed by atoms with Crippen molar-refractivity contribution in [2.75, 3.05) is 39.3 Å². The van der Waals surface area contributed by atoms with E-state index in [1.165, 1.54) is 0 Å². The van der Waals surface area contributed by atoms with Crippen molar-refractivity contribution in [1.29, 1.82) is 0 Å². The molecule has 0 saturated carbocycles. The average Bonchev–Trinajstić information content (AvgIpc) is 2.69. The zero-order valence-corrected chi connectivity index (χ0v) is 17.2. The molecule has 6 heteroatoms. The van der Waals surface area contributed by atoms with Gasteiger partial charge in [0.15, 0.2) is 0 Å². The lowest BCUT2D eigenvalue weighted by atomic mass is 10.1. The van der Waals surface area contributed by atoms with Gasteiger partial charge in [0.1, 0.15) is 17.9 Å². The van der Waals surface area contributed by atoms with Crippen molar-refractivity contribution in [3.05, 3.63) is 75.1 Å². The molecule has 1 aliphatic heterocycles. The third kappa shape index (κ3) is 4.82.